The average Bonchev–Trinajstić information content (AvgIpc) is 2.46. The predicted molar refractivity (Wildman–Crippen MR) is 81.2 cm³/mol. The van der Waals surface area contributed by atoms with E-state index in [1.165, 1.54) is 48.5 Å². The molecule has 0 bridgehead atoms. The van der Waals surface area contributed by atoms with Gasteiger partial charge in [0.15, 0.2) is 0 Å². The Morgan fingerprint density at radius 3 is 2.13 bits per heavy atom. The zero-order valence-electron chi connectivity index (χ0n) is 11.5. The first-order valence-corrected chi connectivity index (χ1v) is 7.60. The number of amides is 1. The number of hydrogen-bond donors (Lipinski definition) is 2. The fourth-order valence-corrected chi connectivity index (χ4v) is 2.05. The summed E-state index contributed by atoms with van der Waals surface area (Å²) in [5.41, 5.74) is 0.531. The number of anilines is 1. The van der Waals surface area contributed by atoms with Gasteiger partial charge in [-0.25, -0.2) is 0 Å². The van der Waals surface area contributed by atoms with Crippen molar-refractivity contribution in [1.82, 2.24) is 0 Å². The van der Waals surface area contributed by atoms with E-state index in [-0.39, 0.29) is 17.0 Å². The third-order valence-corrected chi connectivity index (χ3v) is 3.09. The van der Waals surface area contributed by atoms with Gasteiger partial charge in [-0.15, -0.1) is 0 Å². The highest BCUT2D eigenvalue weighted by molar-refractivity contribution is 7.84. The molecule has 0 aliphatic heterocycles. The largest absolute Gasteiger partial charge is 0.380 e. The summed E-state index contributed by atoms with van der Waals surface area (Å²) in [5, 5.41) is 17.8. The SMILES string of the molecule is NS(=O)(=O)Oc1ccc(C(=O)Nc2ccc([N+](=O)[O-])cc2)cc1. The van der Waals surface area contributed by atoms with E-state index in [1.54, 1.807) is 0 Å². The third-order valence-electron chi connectivity index (χ3n) is 2.66. The molecule has 0 aliphatic rings. The van der Waals surface area contributed by atoms with E-state index in [1.807, 2.05) is 0 Å². The second-order valence-corrected chi connectivity index (χ2v) is 5.51. The fraction of sp³-hybridized carbons (Fsp3) is 0. The summed E-state index contributed by atoms with van der Waals surface area (Å²) in [5.74, 6) is -0.500. The lowest BCUT2D eigenvalue weighted by atomic mass is 10.2. The van der Waals surface area contributed by atoms with Gasteiger partial charge in [-0.3, -0.25) is 14.9 Å². The van der Waals surface area contributed by atoms with Crippen LogP contribution in [-0.4, -0.2) is 19.2 Å². The molecule has 23 heavy (non-hydrogen) atoms. The molecule has 0 heterocycles. The summed E-state index contributed by atoms with van der Waals surface area (Å²) in [6, 6.07) is 10.6. The Morgan fingerprint density at radius 1 is 1.09 bits per heavy atom. The van der Waals surface area contributed by atoms with Gasteiger partial charge in [0.1, 0.15) is 5.75 Å². The monoisotopic (exact) mass is 337 g/mol. The normalized spacial score (nSPS) is 10.8. The molecule has 2 aromatic carbocycles. The number of nitrogens with one attached hydrogen (secondary N) is 1. The Kier molecular flexibility index (Phi) is 4.57. The highest BCUT2D eigenvalue weighted by Crippen LogP contribution is 2.17. The van der Waals surface area contributed by atoms with Gasteiger partial charge in [-0.1, -0.05) is 0 Å². The minimum absolute atomic E-state index is 0.0283. The van der Waals surface area contributed by atoms with Crippen LogP contribution in [0.15, 0.2) is 48.5 Å². The highest BCUT2D eigenvalue weighted by Gasteiger charge is 2.10. The van der Waals surface area contributed by atoms with Crippen molar-refractivity contribution in [2.24, 2.45) is 5.14 Å². The minimum Gasteiger partial charge on any atom is -0.371 e. The molecule has 1 amide bonds. The summed E-state index contributed by atoms with van der Waals surface area (Å²) >= 11 is 0. The number of nitrogens with zero attached hydrogens (tertiary/aromatic N) is 1. The predicted octanol–water partition coefficient (Wildman–Crippen LogP) is 1.43. The third kappa shape index (κ3) is 4.76. The maximum atomic E-state index is 12.0. The van der Waals surface area contributed by atoms with Crippen LogP contribution in [0.3, 0.4) is 0 Å². The van der Waals surface area contributed by atoms with Gasteiger partial charge in [-0.2, -0.15) is 13.6 Å². The Balaban J connectivity index is 2.07. The second-order valence-electron chi connectivity index (χ2n) is 4.36. The molecule has 0 radical (unpaired) electrons. The van der Waals surface area contributed by atoms with E-state index < -0.39 is 21.1 Å². The molecular weight excluding hydrogens is 326 g/mol. The molecule has 0 fully saturated rings. The molecular formula is C13H11N3O6S. The number of carbonyl (C=O) groups excluding carboxylic acids is 1. The smallest absolute Gasteiger partial charge is 0.371 e. The molecule has 0 saturated heterocycles. The van der Waals surface area contributed by atoms with E-state index in [9.17, 15) is 23.3 Å². The molecule has 0 unspecified atom stereocenters. The molecule has 10 heteroatoms. The number of hydrogen-bond acceptors (Lipinski definition) is 6. The summed E-state index contributed by atoms with van der Waals surface area (Å²) in [6.07, 6.45) is 0. The van der Waals surface area contributed by atoms with Crippen LogP contribution in [0, 0.1) is 10.1 Å². The fourth-order valence-electron chi connectivity index (χ4n) is 1.67. The molecule has 0 aliphatic carbocycles. The highest BCUT2D eigenvalue weighted by atomic mass is 32.2. The number of nitro groups is 1. The van der Waals surface area contributed by atoms with Gasteiger partial charge in [0.05, 0.1) is 4.92 Å². The Morgan fingerprint density at radius 2 is 1.65 bits per heavy atom. The van der Waals surface area contributed by atoms with Crippen LogP contribution in [-0.2, 0) is 10.3 Å². The lowest BCUT2D eigenvalue weighted by Crippen LogP contribution is -2.19. The summed E-state index contributed by atoms with van der Waals surface area (Å²) in [6.45, 7) is 0. The second kappa shape index (κ2) is 6.42. The average molecular weight is 337 g/mol. The van der Waals surface area contributed by atoms with Crippen LogP contribution in [0.4, 0.5) is 11.4 Å². The molecule has 0 aromatic heterocycles. The van der Waals surface area contributed by atoms with E-state index in [4.69, 9.17) is 5.14 Å². The number of carbonyl (C=O) groups is 1. The number of non-ortho nitro benzene ring substituents is 1. The Bertz CT molecular complexity index is 831. The number of nitrogens with two attached hydrogens (primary N) is 1. The van der Waals surface area contributed by atoms with Crippen molar-refractivity contribution in [3.05, 3.63) is 64.2 Å². The lowest BCUT2D eigenvalue weighted by Gasteiger charge is -2.06. The number of benzene rings is 2. The molecule has 0 atom stereocenters. The summed E-state index contributed by atoms with van der Waals surface area (Å²) in [4.78, 5) is 22.0. The van der Waals surface area contributed by atoms with Crippen LogP contribution in [0.1, 0.15) is 10.4 Å². The quantitative estimate of drug-likeness (QED) is 0.624. The van der Waals surface area contributed by atoms with Crippen LogP contribution in [0.2, 0.25) is 0 Å². The maximum absolute atomic E-state index is 12.0. The van der Waals surface area contributed by atoms with Crippen molar-refractivity contribution in [2.75, 3.05) is 5.32 Å². The van der Waals surface area contributed by atoms with E-state index in [0.29, 0.717) is 5.69 Å². The Labute approximate surface area is 131 Å². The van der Waals surface area contributed by atoms with Crippen LogP contribution < -0.4 is 14.6 Å². The summed E-state index contributed by atoms with van der Waals surface area (Å²) < 4.78 is 26.0. The Hall–Kier alpha value is -2.98. The van der Waals surface area contributed by atoms with Crippen molar-refractivity contribution in [2.45, 2.75) is 0 Å². The first-order valence-electron chi connectivity index (χ1n) is 6.13. The van der Waals surface area contributed by atoms with E-state index in [0.717, 1.165) is 0 Å². The van der Waals surface area contributed by atoms with Gasteiger partial charge < -0.3 is 9.50 Å². The number of nitro benzene ring substituents is 1. The van der Waals surface area contributed by atoms with Gasteiger partial charge in [-0.05, 0) is 36.4 Å². The molecule has 120 valence electrons. The molecule has 2 aromatic rings. The van der Waals surface area contributed by atoms with Crippen molar-refractivity contribution < 1.29 is 22.3 Å². The zero-order chi connectivity index (χ0) is 17.0. The van der Waals surface area contributed by atoms with Crippen molar-refractivity contribution in [1.29, 1.82) is 0 Å². The molecule has 0 spiro atoms. The topological polar surface area (TPSA) is 142 Å². The van der Waals surface area contributed by atoms with Gasteiger partial charge in [0.25, 0.3) is 11.6 Å². The molecule has 2 rings (SSSR count). The summed E-state index contributed by atoms with van der Waals surface area (Å²) in [7, 11) is -4.13. The first kappa shape index (κ1) is 16.4. The lowest BCUT2D eigenvalue weighted by molar-refractivity contribution is -0.384. The van der Waals surface area contributed by atoms with Crippen LogP contribution >= 0.6 is 0 Å². The van der Waals surface area contributed by atoms with Crippen molar-refractivity contribution in [3.63, 3.8) is 0 Å². The van der Waals surface area contributed by atoms with Gasteiger partial charge in [0, 0.05) is 23.4 Å². The van der Waals surface area contributed by atoms with Crippen molar-refractivity contribution in [3.8, 4) is 5.75 Å². The van der Waals surface area contributed by atoms with E-state index in [2.05, 4.69) is 9.50 Å². The zero-order valence-corrected chi connectivity index (χ0v) is 12.3. The van der Waals surface area contributed by atoms with E-state index >= 15 is 0 Å². The molecule has 3 N–H and O–H groups in total. The van der Waals surface area contributed by atoms with Crippen LogP contribution in [0.5, 0.6) is 5.75 Å². The maximum Gasteiger partial charge on any atom is 0.380 e. The van der Waals surface area contributed by atoms with Crippen molar-refractivity contribution >= 4 is 27.6 Å². The molecule has 0 saturated carbocycles. The first-order chi connectivity index (χ1) is 10.7. The molecule has 9 nitrogen and oxygen atoms in total. The van der Waals surface area contributed by atoms with Gasteiger partial charge >= 0.3 is 10.3 Å². The standard InChI is InChI=1S/C13H11N3O6S/c14-23(20,21)22-12-7-1-9(2-8-12)13(17)15-10-3-5-11(6-4-10)16(18)19/h1-8H,(H,15,17)(H2,14,20,21). The minimum atomic E-state index is -4.13. The van der Waals surface area contributed by atoms with Gasteiger partial charge in [0.2, 0.25) is 0 Å². The van der Waals surface area contributed by atoms with Crippen LogP contribution in [0.25, 0.3) is 0 Å². The number of rotatable bonds is 5.